The zero-order valence-electron chi connectivity index (χ0n) is 11.0. The van der Waals surface area contributed by atoms with Crippen LogP contribution in [0.25, 0.3) is 0 Å². The molecular formula is C13H16ClN3O3. The van der Waals surface area contributed by atoms with Gasteiger partial charge in [0.05, 0.1) is 5.88 Å². The van der Waals surface area contributed by atoms with Gasteiger partial charge in [-0.1, -0.05) is 0 Å². The lowest BCUT2D eigenvalue weighted by atomic mass is 10.2. The van der Waals surface area contributed by atoms with Crippen LogP contribution in [-0.2, 0) is 4.74 Å². The van der Waals surface area contributed by atoms with Gasteiger partial charge in [-0.15, -0.1) is 11.6 Å². The lowest BCUT2D eigenvalue weighted by molar-refractivity contribution is 0.0572. The van der Waals surface area contributed by atoms with Crippen molar-refractivity contribution in [2.24, 2.45) is 0 Å². The molecule has 108 valence electrons. The van der Waals surface area contributed by atoms with E-state index in [0.29, 0.717) is 31.7 Å². The largest absolute Gasteiger partial charge is 0.448 e. The van der Waals surface area contributed by atoms with E-state index in [2.05, 4.69) is 4.98 Å². The highest BCUT2D eigenvalue weighted by Gasteiger charge is 2.25. The second-order valence-corrected chi connectivity index (χ2v) is 4.70. The van der Waals surface area contributed by atoms with E-state index in [1.54, 1.807) is 34.3 Å². The van der Waals surface area contributed by atoms with Crippen molar-refractivity contribution in [2.75, 3.05) is 38.7 Å². The Labute approximate surface area is 122 Å². The van der Waals surface area contributed by atoms with Gasteiger partial charge in [0.15, 0.2) is 0 Å². The molecule has 7 heteroatoms. The number of ether oxygens (including phenoxy) is 1. The summed E-state index contributed by atoms with van der Waals surface area (Å²) in [7, 11) is 0. The molecule has 0 aromatic carbocycles. The summed E-state index contributed by atoms with van der Waals surface area (Å²) in [6.07, 6.45) is 2.81. The smallest absolute Gasteiger partial charge is 0.409 e. The summed E-state index contributed by atoms with van der Waals surface area (Å²) in [6, 6.07) is 3.37. The van der Waals surface area contributed by atoms with Crippen LogP contribution in [0.3, 0.4) is 0 Å². The van der Waals surface area contributed by atoms with E-state index in [0.717, 1.165) is 0 Å². The third kappa shape index (κ3) is 3.60. The van der Waals surface area contributed by atoms with E-state index in [1.807, 2.05) is 0 Å². The summed E-state index contributed by atoms with van der Waals surface area (Å²) in [5.74, 6) is 0.243. The van der Waals surface area contributed by atoms with Crippen molar-refractivity contribution in [3.63, 3.8) is 0 Å². The minimum Gasteiger partial charge on any atom is -0.448 e. The van der Waals surface area contributed by atoms with Gasteiger partial charge < -0.3 is 14.5 Å². The van der Waals surface area contributed by atoms with Crippen molar-refractivity contribution < 1.29 is 14.3 Å². The fourth-order valence-corrected chi connectivity index (χ4v) is 2.06. The zero-order valence-corrected chi connectivity index (χ0v) is 11.8. The average Bonchev–Trinajstić information content (AvgIpc) is 2.53. The lowest BCUT2D eigenvalue weighted by Crippen LogP contribution is -2.50. The van der Waals surface area contributed by atoms with E-state index in [1.165, 1.54) is 0 Å². The molecule has 0 saturated carbocycles. The topological polar surface area (TPSA) is 62.7 Å². The van der Waals surface area contributed by atoms with Crippen LogP contribution in [0.5, 0.6) is 0 Å². The Morgan fingerprint density at radius 2 is 1.75 bits per heavy atom. The average molecular weight is 298 g/mol. The van der Waals surface area contributed by atoms with Gasteiger partial charge in [0, 0.05) is 44.1 Å². The highest BCUT2D eigenvalue weighted by Crippen LogP contribution is 2.09. The first-order chi connectivity index (χ1) is 9.72. The number of pyridine rings is 1. The predicted octanol–water partition coefficient (Wildman–Crippen LogP) is 1.21. The van der Waals surface area contributed by atoms with E-state index in [4.69, 9.17) is 16.3 Å². The fraction of sp³-hybridized carbons (Fsp3) is 0.462. The standard InChI is InChI=1S/C13H16ClN3O3/c14-3-10-20-13(19)17-8-6-16(7-9-17)12(18)11-1-4-15-5-2-11/h1-2,4-5H,3,6-10H2. The Hall–Kier alpha value is -1.82. The molecule has 1 aromatic heterocycles. The van der Waals surface area contributed by atoms with E-state index in [-0.39, 0.29) is 24.5 Å². The second kappa shape index (κ2) is 7.09. The van der Waals surface area contributed by atoms with Gasteiger partial charge >= 0.3 is 6.09 Å². The highest BCUT2D eigenvalue weighted by atomic mass is 35.5. The van der Waals surface area contributed by atoms with Gasteiger partial charge in [0.2, 0.25) is 0 Å². The molecule has 0 aliphatic carbocycles. The molecule has 6 nitrogen and oxygen atoms in total. The molecule has 1 aromatic rings. The molecule has 1 saturated heterocycles. The minimum atomic E-state index is -0.373. The molecule has 20 heavy (non-hydrogen) atoms. The predicted molar refractivity (Wildman–Crippen MR) is 73.8 cm³/mol. The number of amides is 2. The van der Waals surface area contributed by atoms with Crippen LogP contribution in [-0.4, -0.2) is 65.5 Å². The molecule has 1 aliphatic rings. The minimum absolute atomic E-state index is 0.0406. The number of carbonyl (C=O) groups is 2. The second-order valence-electron chi connectivity index (χ2n) is 4.32. The lowest BCUT2D eigenvalue weighted by Gasteiger charge is -2.34. The number of hydrogen-bond donors (Lipinski definition) is 0. The van der Waals surface area contributed by atoms with Crippen LogP contribution < -0.4 is 0 Å². The SMILES string of the molecule is O=C(OCCCl)N1CCN(C(=O)c2ccncc2)CC1. The molecule has 2 amide bonds. The van der Waals surface area contributed by atoms with Crippen LogP contribution in [0.15, 0.2) is 24.5 Å². The quantitative estimate of drug-likeness (QED) is 0.787. The molecule has 0 atom stereocenters. The Balaban J connectivity index is 1.85. The molecule has 1 fully saturated rings. The van der Waals surface area contributed by atoms with Gasteiger partial charge in [-0.2, -0.15) is 0 Å². The van der Waals surface area contributed by atoms with Gasteiger partial charge in [0.1, 0.15) is 6.61 Å². The van der Waals surface area contributed by atoms with Gasteiger partial charge in [-0.3, -0.25) is 9.78 Å². The van der Waals surface area contributed by atoms with Gasteiger partial charge in [0.25, 0.3) is 5.91 Å². The molecule has 0 N–H and O–H groups in total. The Morgan fingerprint density at radius 3 is 2.35 bits per heavy atom. The van der Waals surface area contributed by atoms with Crippen molar-refractivity contribution >= 4 is 23.6 Å². The van der Waals surface area contributed by atoms with E-state index >= 15 is 0 Å². The van der Waals surface area contributed by atoms with Crippen molar-refractivity contribution in [3.8, 4) is 0 Å². The molecular weight excluding hydrogens is 282 g/mol. The molecule has 0 unspecified atom stereocenters. The molecule has 0 radical (unpaired) electrons. The maximum atomic E-state index is 12.2. The highest BCUT2D eigenvalue weighted by molar-refractivity contribution is 6.18. The maximum absolute atomic E-state index is 12.2. The number of aromatic nitrogens is 1. The summed E-state index contributed by atoms with van der Waals surface area (Å²) in [5, 5.41) is 0. The number of rotatable bonds is 3. The zero-order chi connectivity index (χ0) is 14.4. The summed E-state index contributed by atoms with van der Waals surface area (Å²) >= 11 is 5.46. The number of nitrogens with zero attached hydrogens (tertiary/aromatic N) is 3. The van der Waals surface area contributed by atoms with E-state index < -0.39 is 0 Å². The van der Waals surface area contributed by atoms with Crippen molar-refractivity contribution in [1.82, 2.24) is 14.8 Å². The van der Waals surface area contributed by atoms with Crippen molar-refractivity contribution in [2.45, 2.75) is 0 Å². The third-order valence-electron chi connectivity index (χ3n) is 3.06. The number of carbonyl (C=O) groups excluding carboxylic acids is 2. The first-order valence-corrected chi connectivity index (χ1v) is 6.93. The summed E-state index contributed by atoms with van der Waals surface area (Å²) in [4.78, 5) is 31.0. The van der Waals surface area contributed by atoms with Crippen LogP contribution >= 0.6 is 11.6 Å². The summed E-state index contributed by atoms with van der Waals surface area (Å²) in [5.41, 5.74) is 0.609. The number of hydrogen-bond acceptors (Lipinski definition) is 4. The maximum Gasteiger partial charge on any atom is 0.409 e. The van der Waals surface area contributed by atoms with Crippen LogP contribution in [0.2, 0.25) is 0 Å². The normalized spacial score (nSPS) is 15.1. The molecule has 1 aliphatic heterocycles. The Morgan fingerprint density at radius 1 is 1.15 bits per heavy atom. The first-order valence-electron chi connectivity index (χ1n) is 6.39. The van der Waals surface area contributed by atoms with Crippen LogP contribution in [0.4, 0.5) is 4.79 Å². The van der Waals surface area contributed by atoms with Gasteiger partial charge in [-0.05, 0) is 12.1 Å². The molecule has 2 rings (SSSR count). The van der Waals surface area contributed by atoms with Crippen molar-refractivity contribution in [3.05, 3.63) is 30.1 Å². The molecule has 0 bridgehead atoms. The van der Waals surface area contributed by atoms with Gasteiger partial charge in [-0.25, -0.2) is 4.79 Å². The van der Waals surface area contributed by atoms with Crippen LogP contribution in [0.1, 0.15) is 10.4 Å². The monoisotopic (exact) mass is 297 g/mol. The Kier molecular flexibility index (Phi) is 5.17. The number of alkyl halides is 1. The number of piperazine rings is 1. The van der Waals surface area contributed by atoms with Crippen LogP contribution in [0, 0.1) is 0 Å². The summed E-state index contributed by atoms with van der Waals surface area (Å²) < 4.78 is 4.95. The van der Waals surface area contributed by atoms with E-state index in [9.17, 15) is 9.59 Å². The molecule has 0 spiro atoms. The third-order valence-corrected chi connectivity index (χ3v) is 3.21. The Bertz CT molecular complexity index is 461. The fourth-order valence-electron chi connectivity index (χ4n) is 1.99. The summed E-state index contributed by atoms with van der Waals surface area (Å²) in [6.45, 7) is 2.14. The molecule has 2 heterocycles. The first kappa shape index (κ1) is 14.6. The van der Waals surface area contributed by atoms with Crippen molar-refractivity contribution in [1.29, 1.82) is 0 Å². The number of halogens is 1.